The number of nitrogens with zero attached hydrogens (tertiary/aromatic N) is 3. The molecule has 0 radical (unpaired) electrons. The van der Waals surface area contributed by atoms with Gasteiger partial charge < -0.3 is 9.32 Å². The highest BCUT2D eigenvalue weighted by Crippen LogP contribution is 2.26. The number of carbonyl (C=O) groups excluding carboxylic acids is 1. The number of carbonyl (C=O) groups is 1. The highest BCUT2D eigenvalue weighted by atomic mass is 35.5. The van der Waals surface area contributed by atoms with Crippen molar-refractivity contribution in [3.63, 3.8) is 0 Å². The van der Waals surface area contributed by atoms with Crippen molar-refractivity contribution in [2.24, 2.45) is 0 Å². The number of sulfone groups is 1. The van der Waals surface area contributed by atoms with Crippen molar-refractivity contribution in [2.45, 2.75) is 36.8 Å². The number of amides is 1. The molecule has 2 aromatic heterocycles. The third-order valence-corrected chi connectivity index (χ3v) is 8.15. The van der Waals surface area contributed by atoms with Gasteiger partial charge in [-0.3, -0.25) is 4.79 Å². The average Bonchev–Trinajstić information content (AvgIpc) is 3.40. The fraction of sp³-hybridized carbons (Fsp3) is 0.318. The molecule has 1 saturated heterocycles. The molecule has 3 aromatic rings. The zero-order valence-electron chi connectivity index (χ0n) is 17.4. The van der Waals surface area contributed by atoms with Gasteiger partial charge in [-0.25, -0.2) is 18.4 Å². The molecule has 3 heterocycles. The number of aryl methyl sites for hydroxylation is 1. The largest absolute Gasteiger partial charge is 0.467 e. The fourth-order valence-electron chi connectivity index (χ4n) is 3.61. The summed E-state index contributed by atoms with van der Waals surface area (Å²) in [6.07, 6.45) is 3.30. The Balaban J connectivity index is 1.57. The Morgan fingerprint density at radius 1 is 1.31 bits per heavy atom. The molecule has 1 amide bonds. The van der Waals surface area contributed by atoms with Crippen molar-refractivity contribution in [1.82, 2.24) is 14.9 Å². The minimum Gasteiger partial charge on any atom is -0.467 e. The maximum absolute atomic E-state index is 13.5. The minimum absolute atomic E-state index is 0.0503. The molecule has 0 N–H and O–H groups in total. The number of hydrogen-bond donors (Lipinski definition) is 0. The summed E-state index contributed by atoms with van der Waals surface area (Å²) in [6, 6.07) is 11.1. The molecule has 32 heavy (non-hydrogen) atoms. The van der Waals surface area contributed by atoms with Gasteiger partial charge in [0, 0.05) is 11.8 Å². The second-order valence-corrected chi connectivity index (χ2v) is 11.3. The molecule has 1 aliphatic heterocycles. The molecule has 0 aliphatic carbocycles. The Labute approximate surface area is 196 Å². The average molecular weight is 492 g/mol. The van der Waals surface area contributed by atoms with E-state index in [0.29, 0.717) is 23.1 Å². The lowest BCUT2D eigenvalue weighted by atomic mass is 10.2. The van der Waals surface area contributed by atoms with Gasteiger partial charge in [0.05, 0.1) is 35.5 Å². The number of hydrogen-bond acceptors (Lipinski definition) is 7. The fourth-order valence-corrected chi connectivity index (χ4v) is 6.28. The van der Waals surface area contributed by atoms with E-state index in [4.69, 9.17) is 16.0 Å². The molecule has 10 heteroatoms. The third-order valence-electron chi connectivity index (χ3n) is 5.19. The van der Waals surface area contributed by atoms with Gasteiger partial charge in [0.25, 0.3) is 5.91 Å². The maximum Gasteiger partial charge on any atom is 0.274 e. The van der Waals surface area contributed by atoms with Crippen LogP contribution >= 0.6 is 23.4 Å². The van der Waals surface area contributed by atoms with Crippen molar-refractivity contribution < 1.29 is 17.6 Å². The molecule has 1 unspecified atom stereocenters. The number of halogens is 1. The zero-order chi connectivity index (χ0) is 22.7. The number of furan rings is 1. The molecule has 0 spiro atoms. The Bertz CT molecular complexity index is 1220. The summed E-state index contributed by atoms with van der Waals surface area (Å²) in [5.74, 6) is 0.731. The van der Waals surface area contributed by atoms with E-state index in [1.54, 1.807) is 12.1 Å². The van der Waals surface area contributed by atoms with Crippen LogP contribution in [0.2, 0.25) is 5.02 Å². The number of benzene rings is 1. The van der Waals surface area contributed by atoms with Crippen molar-refractivity contribution in [3.05, 3.63) is 76.5 Å². The first-order valence-corrected chi connectivity index (χ1v) is 13.2. The van der Waals surface area contributed by atoms with E-state index in [9.17, 15) is 13.2 Å². The summed E-state index contributed by atoms with van der Waals surface area (Å²) >= 11 is 7.70. The van der Waals surface area contributed by atoms with Gasteiger partial charge in [-0.05, 0) is 31.0 Å². The molecule has 4 rings (SSSR count). The molecule has 1 aliphatic rings. The zero-order valence-corrected chi connectivity index (χ0v) is 19.8. The smallest absolute Gasteiger partial charge is 0.274 e. The second-order valence-electron chi connectivity index (χ2n) is 7.70. The van der Waals surface area contributed by atoms with Gasteiger partial charge in [0.1, 0.15) is 5.76 Å². The van der Waals surface area contributed by atoms with E-state index in [0.717, 1.165) is 11.1 Å². The Kier molecular flexibility index (Phi) is 6.88. The molecule has 1 atom stereocenters. The Morgan fingerprint density at radius 2 is 2.16 bits per heavy atom. The third kappa shape index (κ3) is 5.51. The summed E-state index contributed by atoms with van der Waals surface area (Å²) in [5.41, 5.74) is 2.34. The van der Waals surface area contributed by atoms with Crippen LogP contribution in [0.15, 0.2) is 58.4 Å². The van der Waals surface area contributed by atoms with Crippen LogP contribution in [0.1, 0.15) is 33.8 Å². The predicted molar refractivity (Wildman–Crippen MR) is 123 cm³/mol. The molecule has 1 aromatic carbocycles. The van der Waals surface area contributed by atoms with Crippen LogP contribution in [0.4, 0.5) is 0 Å². The van der Waals surface area contributed by atoms with Crippen molar-refractivity contribution in [1.29, 1.82) is 0 Å². The molecule has 7 nitrogen and oxygen atoms in total. The van der Waals surface area contributed by atoms with Crippen LogP contribution < -0.4 is 0 Å². The molecule has 0 saturated carbocycles. The van der Waals surface area contributed by atoms with E-state index in [1.807, 2.05) is 25.1 Å². The SMILES string of the molecule is Cc1cccc(CSc2ncc(Cl)c(C(=O)N(Cc3ccco3)C3CCS(=O)(=O)C3)n2)c1. The molecule has 1 fully saturated rings. The maximum atomic E-state index is 13.5. The standard InChI is InChI=1S/C22H22ClN3O4S2/c1-15-4-2-5-16(10-15)13-31-22-24-11-19(23)20(25-22)21(27)26(12-18-6-3-8-30-18)17-7-9-32(28,29)14-17/h2-6,8,10-11,17H,7,9,12-14H2,1H3. The highest BCUT2D eigenvalue weighted by Gasteiger charge is 2.36. The molecular formula is C22H22ClN3O4S2. The second kappa shape index (κ2) is 9.64. The van der Waals surface area contributed by atoms with Crippen LogP contribution in [-0.2, 0) is 22.1 Å². The predicted octanol–water partition coefficient (Wildman–Crippen LogP) is 4.15. The molecule has 168 valence electrons. The Hall–Kier alpha value is -2.36. The van der Waals surface area contributed by atoms with E-state index < -0.39 is 21.8 Å². The van der Waals surface area contributed by atoms with E-state index in [2.05, 4.69) is 16.0 Å². The summed E-state index contributed by atoms with van der Waals surface area (Å²) in [4.78, 5) is 23.6. The minimum atomic E-state index is -3.19. The first-order chi connectivity index (χ1) is 15.3. The number of rotatable bonds is 7. The lowest BCUT2D eigenvalue weighted by Gasteiger charge is -2.27. The summed E-state index contributed by atoms with van der Waals surface area (Å²) in [5, 5.41) is 0.552. The first-order valence-electron chi connectivity index (χ1n) is 10.1. The van der Waals surface area contributed by atoms with Crippen LogP contribution in [0.25, 0.3) is 0 Å². The monoisotopic (exact) mass is 491 g/mol. The van der Waals surface area contributed by atoms with Gasteiger partial charge >= 0.3 is 0 Å². The van der Waals surface area contributed by atoms with Crippen molar-refractivity contribution in [2.75, 3.05) is 11.5 Å². The van der Waals surface area contributed by atoms with Crippen LogP contribution in [0, 0.1) is 6.92 Å². The van der Waals surface area contributed by atoms with E-state index in [1.165, 1.54) is 29.1 Å². The van der Waals surface area contributed by atoms with Gasteiger partial charge in [-0.1, -0.05) is 53.2 Å². The van der Waals surface area contributed by atoms with Crippen molar-refractivity contribution >= 4 is 39.1 Å². The summed E-state index contributed by atoms with van der Waals surface area (Å²) < 4.78 is 29.5. The number of aromatic nitrogens is 2. The topological polar surface area (TPSA) is 93.4 Å². The molecular weight excluding hydrogens is 470 g/mol. The van der Waals surface area contributed by atoms with Crippen molar-refractivity contribution in [3.8, 4) is 0 Å². The van der Waals surface area contributed by atoms with Gasteiger partial charge in [0.2, 0.25) is 0 Å². The number of thioether (sulfide) groups is 1. The lowest BCUT2D eigenvalue weighted by Crippen LogP contribution is -2.41. The summed E-state index contributed by atoms with van der Waals surface area (Å²) in [7, 11) is -3.19. The Morgan fingerprint density at radius 3 is 2.84 bits per heavy atom. The van der Waals surface area contributed by atoms with Gasteiger partial charge in [0.15, 0.2) is 20.7 Å². The van der Waals surface area contributed by atoms with Crippen LogP contribution in [-0.4, -0.2) is 46.7 Å². The quantitative estimate of drug-likeness (QED) is 0.362. The van der Waals surface area contributed by atoms with Gasteiger partial charge in [-0.15, -0.1) is 0 Å². The van der Waals surface area contributed by atoms with Crippen LogP contribution in [0.5, 0.6) is 0 Å². The van der Waals surface area contributed by atoms with E-state index in [-0.39, 0.29) is 28.8 Å². The first kappa shape index (κ1) is 22.8. The van der Waals surface area contributed by atoms with Gasteiger partial charge in [-0.2, -0.15) is 0 Å². The van der Waals surface area contributed by atoms with E-state index >= 15 is 0 Å². The van der Waals surface area contributed by atoms with Crippen LogP contribution in [0.3, 0.4) is 0 Å². The normalized spacial score (nSPS) is 17.4. The lowest BCUT2D eigenvalue weighted by molar-refractivity contribution is 0.0659. The molecule has 0 bridgehead atoms. The highest BCUT2D eigenvalue weighted by molar-refractivity contribution is 7.98. The summed E-state index contributed by atoms with van der Waals surface area (Å²) in [6.45, 7) is 2.17.